The molecule has 0 aliphatic carbocycles. The van der Waals surface area contributed by atoms with Crippen molar-refractivity contribution in [2.45, 2.75) is 38.1 Å². The van der Waals surface area contributed by atoms with Crippen LogP contribution in [0.2, 0.25) is 0 Å². The van der Waals surface area contributed by atoms with Gasteiger partial charge in [0.15, 0.2) is 15.0 Å². The topological polar surface area (TPSA) is 76.0 Å². The van der Waals surface area contributed by atoms with Crippen molar-refractivity contribution in [2.24, 2.45) is 10.9 Å². The lowest BCUT2D eigenvalue weighted by molar-refractivity contribution is -0.118. The number of nitrogens with zero attached hydrogens (tertiary/aromatic N) is 2. The van der Waals surface area contributed by atoms with Crippen molar-refractivity contribution in [3.8, 4) is 5.75 Å². The fourth-order valence-electron chi connectivity index (χ4n) is 3.25. The van der Waals surface area contributed by atoms with E-state index in [0.29, 0.717) is 18.1 Å². The van der Waals surface area contributed by atoms with E-state index >= 15 is 0 Å². The third-order valence-electron chi connectivity index (χ3n) is 4.49. The van der Waals surface area contributed by atoms with E-state index in [9.17, 15) is 13.2 Å². The number of carbonyl (C=O) groups is 1. The Bertz CT molecular complexity index is 803. The van der Waals surface area contributed by atoms with E-state index < -0.39 is 9.84 Å². The number of rotatable bonds is 5. The second-order valence-corrected chi connectivity index (χ2v) is 10.5. The molecule has 2 aliphatic heterocycles. The summed E-state index contributed by atoms with van der Waals surface area (Å²) in [6, 6.07) is 7.53. The number of ether oxygens (including phenoxy) is 1. The molecule has 2 aliphatic rings. The van der Waals surface area contributed by atoms with Crippen LogP contribution in [-0.2, 0) is 21.2 Å². The van der Waals surface area contributed by atoms with E-state index in [-0.39, 0.29) is 34.6 Å². The number of aliphatic imine (C=N–C) groups is 1. The average molecular weight is 397 g/mol. The Kier molecular flexibility index (Phi) is 5.62. The van der Waals surface area contributed by atoms with Crippen molar-refractivity contribution in [3.63, 3.8) is 0 Å². The minimum absolute atomic E-state index is 0.0520. The molecule has 8 heteroatoms. The summed E-state index contributed by atoms with van der Waals surface area (Å²) in [5.74, 6) is 1.14. The second kappa shape index (κ2) is 7.60. The number of amidine groups is 1. The lowest BCUT2D eigenvalue weighted by Gasteiger charge is -2.24. The van der Waals surface area contributed by atoms with Crippen LogP contribution >= 0.6 is 11.8 Å². The molecular formula is C18H24N2O4S2. The predicted molar refractivity (Wildman–Crippen MR) is 104 cm³/mol. The zero-order valence-electron chi connectivity index (χ0n) is 15.2. The van der Waals surface area contributed by atoms with E-state index in [4.69, 9.17) is 4.74 Å². The Morgan fingerprint density at radius 2 is 2.00 bits per heavy atom. The highest BCUT2D eigenvalue weighted by Crippen LogP contribution is 2.39. The first-order chi connectivity index (χ1) is 12.3. The van der Waals surface area contributed by atoms with Crippen molar-refractivity contribution in [1.82, 2.24) is 4.90 Å². The number of benzene rings is 1. The van der Waals surface area contributed by atoms with E-state index in [2.05, 4.69) is 4.99 Å². The van der Waals surface area contributed by atoms with Gasteiger partial charge in [0.05, 0.1) is 24.7 Å². The van der Waals surface area contributed by atoms with Crippen molar-refractivity contribution < 1.29 is 17.9 Å². The fraction of sp³-hybridized carbons (Fsp3) is 0.556. The van der Waals surface area contributed by atoms with Crippen LogP contribution in [-0.4, -0.2) is 54.3 Å². The molecule has 2 atom stereocenters. The van der Waals surface area contributed by atoms with Gasteiger partial charge >= 0.3 is 0 Å². The molecule has 0 saturated carbocycles. The highest BCUT2D eigenvalue weighted by molar-refractivity contribution is 8.15. The number of fused-ring (bicyclic) bond motifs is 1. The summed E-state index contributed by atoms with van der Waals surface area (Å²) in [5, 5.41) is 0.597. The molecule has 1 amide bonds. The Morgan fingerprint density at radius 3 is 2.62 bits per heavy atom. The molecule has 0 spiro atoms. The lowest BCUT2D eigenvalue weighted by Crippen LogP contribution is -2.37. The van der Waals surface area contributed by atoms with Crippen LogP contribution in [0.3, 0.4) is 0 Å². The first-order valence-electron chi connectivity index (χ1n) is 8.65. The molecule has 1 aromatic carbocycles. The lowest BCUT2D eigenvalue weighted by atomic mass is 10.1. The number of carbonyl (C=O) groups excluding carboxylic acids is 1. The van der Waals surface area contributed by atoms with Crippen molar-refractivity contribution >= 4 is 32.7 Å². The van der Waals surface area contributed by atoms with Gasteiger partial charge in [0.25, 0.3) is 0 Å². The highest BCUT2D eigenvalue weighted by Gasteiger charge is 2.48. The third kappa shape index (κ3) is 4.40. The minimum Gasteiger partial charge on any atom is -0.497 e. The highest BCUT2D eigenvalue weighted by atomic mass is 32.2. The minimum atomic E-state index is -3.03. The van der Waals surface area contributed by atoms with Gasteiger partial charge in [0.1, 0.15) is 5.75 Å². The second-order valence-electron chi connectivity index (χ2n) is 7.16. The van der Waals surface area contributed by atoms with Gasteiger partial charge in [0, 0.05) is 18.2 Å². The molecular weight excluding hydrogens is 372 g/mol. The molecule has 0 N–H and O–H groups in total. The predicted octanol–water partition coefficient (Wildman–Crippen LogP) is 2.34. The third-order valence-corrected chi connectivity index (χ3v) is 7.74. The summed E-state index contributed by atoms with van der Waals surface area (Å²) in [7, 11) is -1.42. The Labute approximate surface area is 158 Å². The number of sulfone groups is 1. The number of methoxy groups -OCH3 is 1. The van der Waals surface area contributed by atoms with Gasteiger partial charge in [-0.05, 0) is 23.6 Å². The van der Waals surface area contributed by atoms with Crippen molar-refractivity contribution in [3.05, 3.63) is 29.8 Å². The number of amides is 1. The molecule has 3 rings (SSSR count). The van der Waals surface area contributed by atoms with E-state index in [0.717, 1.165) is 11.3 Å². The summed E-state index contributed by atoms with van der Waals surface area (Å²) in [6.07, 6.45) is 0.397. The van der Waals surface area contributed by atoms with Crippen LogP contribution in [0.5, 0.6) is 5.75 Å². The Morgan fingerprint density at radius 1 is 1.31 bits per heavy atom. The van der Waals surface area contributed by atoms with Crippen molar-refractivity contribution in [1.29, 1.82) is 0 Å². The molecule has 0 radical (unpaired) electrons. The number of thioether (sulfide) groups is 1. The van der Waals surface area contributed by atoms with E-state index in [1.54, 1.807) is 7.11 Å². The maximum atomic E-state index is 12.2. The normalized spacial score (nSPS) is 25.7. The zero-order chi connectivity index (χ0) is 18.9. The molecule has 0 aromatic heterocycles. The maximum Gasteiger partial charge on any atom is 0.248 e. The zero-order valence-corrected chi connectivity index (χ0v) is 16.8. The quantitative estimate of drug-likeness (QED) is 0.760. The summed E-state index contributed by atoms with van der Waals surface area (Å²) in [6.45, 7) is 4.49. The van der Waals surface area contributed by atoms with Gasteiger partial charge in [-0.3, -0.25) is 4.79 Å². The van der Waals surface area contributed by atoms with Crippen LogP contribution in [0.15, 0.2) is 29.3 Å². The molecule has 2 saturated heterocycles. The molecule has 142 valence electrons. The molecule has 1 aromatic rings. The van der Waals surface area contributed by atoms with Gasteiger partial charge in [0.2, 0.25) is 5.91 Å². The molecule has 2 heterocycles. The molecule has 6 nitrogen and oxygen atoms in total. The maximum absolute atomic E-state index is 12.2. The van der Waals surface area contributed by atoms with Crippen LogP contribution in [0.4, 0.5) is 0 Å². The van der Waals surface area contributed by atoms with E-state index in [1.165, 1.54) is 11.8 Å². The molecule has 2 fully saturated rings. The summed E-state index contributed by atoms with van der Waals surface area (Å²) in [4.78, 5) is 18.5. The summed E-state index contributed by atoms with van der Waals surface area (Å²) >= 11 is 1.43. The SMILES string of the molecule is COc1ccc(CN2C(=NC(=O)CC(C)C)S[C@H]3CS(=O)(=O)C[C@@H]32)cc1. The Hall–Kier alpha value is -1.54. The van der Waals surface area contributed by atoms with E-state index in [1.807, 2.05) is 43.0 Å². The monoisotopic (exact) mass is 396 g/mol. The van der Waals surface area contributed by atoms with Crippen LogP contribution in [0, 0.1) is 5.92 Å². The standard InChI is InChI=1S/C18H24N2O4S2/c1-12(2)8-17(21)19-18-20(9-13-4-6-14(24-3)7-5-13)15-10-26(22,23)11-16(15)25-18/h4-7,12,15-16H,8-11H2,1-3H3/t15-,16-/m0/s1. The largest absolute Gasteiger partial charge is 0.497 e. The van der Waals surface area contributed by atoms with Gasteiger partial charge in [-0.1, -0.05) is 37.7 Å². The first kappa shape index (κ1) is 19.2. The van der Waals surface area contributed by atoms with Crippen LogP contribution < -0.4 is 4.74 Å². The molecule has 26 heavy (non-hydrogen) atoms. The van der Waals surface area contributed by atoms with Gasteiger partial charge in [-0.2, -0.15) is 4.99 Å². The smallest absolute Gasteiger partial charge is 0.248 e. The number of hydrogen-bond acceptors (Lipinski definition) is 5. The number of hydrogen-bond donors (Lipinski definition) is 0. The van der Waals surface area contributed by atoms with Gasteiger partial charge < -0.3 is 9.64 Å². The molecule has 0 unspecified atom stereocenters. The fourth-order valence-corrected chi connectivity index (χ4v) is 7.22. The van der Waals surface area contributed by atoms with Gasteiger partial charge in [-0.15, -0.1) is 0 Å². The molecule has 0 bridgehead atoms. The Balaban J connectivity index is 1.84. The van der Waals surface area contributed by atoms with Crippen molar-refractivity contribution in [2.75, 3.05) is 18.6 Å². The summed E-state index contributed by atoms with van der Waals surface area (Å²) < 4.78 is 29.3. The van der Waals surface area contributed by atoms with Crippen LogP contribution in [0.1, 0.15) is 25.8 Å². The summed E-state index contributed by atoms with van der Waals surface area (Å²) in [5.41, 5.74) is 1.03. The first-order valence-corrected chi connectivity index (χ1v) is 11.4. The average Bonchev–Trinajstić information content (AvgIpc) is 3.00. The van der Waals surface area contributed by atoms with Gasteiger partial charge in [-0.25, -0.2) is 8.42 Å². The van der Waals surface area contributed by atoms with Crippen LogP contribution in [0.25, 0.3) is 0 Å².